The van der Waals surface area contributed by atoms with Crippen molar-refractivity contribution in [3.05, 3.63) is 35.1 Å². The van der Waals surface area contributed by atoms with Crippen LogP contribution in [0.4, 0.5) is 4.39 Å². The molecule has 0 aromatic heterocycles. The number of hydrogen-bond acceptors (Lipinski definition) is 3. The van der Waals surface area contributed by atoms with Gasteiger partial charge in [-0.15, -0.1) is 0 Å². The van der Waals surface area contributed by atoms with Gasteiger partial charge in [0.1, 0.15) is 5.82 Å². The molecule has 0 aliphatic carbocycles. The third-order valence-corrected chi connectivity index (χ3v) is 3.26. The number of nitrogen functional groups attached to an aromatic ring is 1. The Bertz CT molecular complexity index is 371. The summed E-state index contributed by atoms with van der Waals surface area (Å²) in [5, 5.41) is 0. The zero-order valence-electron chi connectivity index (χ0n) is 9.13. The van der Waals surface area contributed by atoms with Crippen LogP contribution in [0.15, 0.2) is 18.2 Å². The molecular weight excluding hydrogens is 227 g/mol. The smallest absolute Gasteiger partial charge is 0.265 e. The SMILES string of the molecule is CCCSCc1cc(C(=O)NN)ccc1F. The van der Waals surface area contributed by atoms with Gasteiger partial charge in [-0.3, -0.25) is 10.2 Å². The number of carbonyl (C=O) groups excluding carboxylic acids is 1. The van der Waals surface area contributed by atoms with Gasteiger partial charge in [-0.25, -0.2) is 10.2 Å². The maximum atomic E-state index is 13.4. The Morgan fingerprint density at radius 2 is 2.31 bits per heavy atom. The van der Waals surface area contributed by atoms with Crippen molar-refractivity contribution in [3.8, 4) is 0 Å². The molecule has 0 bridgehead atoms. The molecule has 0 unspecified atom stereocenters. The van der Waals surface area contributed by atoms with Crippen LogP contribution in [0.2, 0.25) is 0 Å². The Morgan fingerprint density at radius 1 is 1.56 bits per heavy atom. The maximum absolute atomic E-state index is 13.4. The molecule has 88 valence electrons. The maximum Gasteiger partial charge on any atom is 0.265 e. The molecule has 0 atom stereocenters. The summed E-state index contributed by atoms with van der Waals surface area (Å²) in [7, 11) is 0. The van der Waals surface area contributed by atoms with E-state index in [0.29, 0.717) is 16.9 Å². The Kier molecular flexibility index (Phi) is 5.28. The van der Waals surface area contributed by atoms with E-state index in [1.165, 1.54) is 12.1 Å². The largest absolute Gasteiger partial charge is 0.290 e. The summed E-state index contributed by atoms with van der Waals surface area (Å²) in [6.07, 6.45) is 1.05. The topological polar surface area (TPSA) is 55.1 Å². The zero-order chi connectivity index (χ0) is 12.0. The summed E-state index contributed by atoms with van der Waals surface area (Å²) in [4.78, 5) is 11.2. The highest BCUT2D eigenvalue weighted by atomic mass is 32.2. The normalized spacial score (nSPS) is 10.2. The van der Waals surface area contributed by atoms with Crippen molar-refractivity contribution in [1.82, 2.24) is 5.43 Å². The van der Waals surface area contributed by atoms with E-state index in [-0.39, 0.29) is 5.82 Å². The minimum atomic E-state index is -0.401. The first kappa shape index (κ1) is 13.0. The predicted molar refractivity (Wildman–Crippen MR) is 64.5 cm³/mol. The molecule has 0 aliphatic rings. The van der Waals surface area contributed by atoms with Crippen molar-refractivity contribution in [3.63, 3.8) is 0 Å². The van der Waals surface area contributed by atoms with Gasteiger partial charge in [-0.05, 0) is 35.9 Å². The predicted octanol–water partition coefficient (Wildman–Crippen LogP) is 2.07. The molecular formula is C11H15FN2OS. The van der Waals surface area contributed by atoms with E-state index in [1.807, 2.05) is 5.43 Å². The second-order valence-electron chi connectivity index (χ2n) is 3.33. The first-order chi connectivity index (χ1) is 7.69. The van der Waals surface area contributed by atoms with Crippen molar-refractivity contribution in [2.45, 2.75) is 19.1 Å². The quantitative estimate of drug-likeness (QED) is 0.360. The molecule has 1 rings (SSSR count). The lowest BCUT2D eigenvalue weighted by molar-refractivity contribution is 0.0953. The molecule has 0 saturated heterocycles. The summed E-state index contributed by atoms with van der Waals surface area (Å²) in [5.41, 5.74) is 2.95. The highest BCUT2D eigenvalue weighted by Crippen LogP contribution is 2.17. The van der Waals surface area contributed by atoms with E-state index < -0.39 is 5.91 Å². The van der Waals surface area contributed by atoms with Gasteiger partial charge in [0.15, 0.2) is 0 Å². The lowest BCUT2D eigenvalue weighted by Crippen LogP contribution is -2.30. The molecule has 1 amide bonds. The molecule has 3 nitrogen and oxygen atoms in total. The Balaban J connectivity index is 2.78. The van der Waals surface area contributed by atoms with Gasteiger partial charge < -0.3 is 0 Å². The van der Waals surface area contributed by atoms with Crippen LogP contribution >= 0.6 is 11.8 Å². The highest BCUT2D eigenvalue weighted by molar-refractivity contribution is 7.98. The average Bonchev–Trinajstić information content (AvgIpc) is 2.31. The van der Waals surface area contributed by atoms with Gasteiger partial charge in [0.2, 0.25) is 0 Å². The van der Waals surface area contributed by atoms with Crippen LogP contribution in [0.5, 0.6) is 0 Å². The molecule has 0 spiro atoms. The van der Waals surface area contributed by atoms with E-state index in [1.54, 1.807) is 17.8 Å². The molecule has 0 heterocycles. The number of nitrogens with two attached hydrogens (primary N) is 1. The standard InChI is InChI=1S/C11H15FN2OS/c1-2-5-16-7-9-6-8(11(15)14-13)3-4-10(9)12/h3-4,6H,2,5,7,13H2,1H3,(H,14,15). The van der Waals surface area contributed by atoms with Crippen LogP contribution in [0.1, 0.15) is 29.3 Å². The van der Waals surface area contributed by atoms with E-state index in [9.17, 15) is 9.18 Å². The van der Waals surface area contributed by atoms with Crippen molar-refractivity contribution in [2.75, 3.05) is 5.75 Å². The number of nitrogens with one attached hydrogen (secondary N) is 1. The Morgan fingerprint density at radius 3 is 2.94 bits per heavy atom. The number of thioether (sulfide) groups is 1. The van der Waals surface area contributed by atoms with Crippen molar-refractivity contribution in [2.24, 2.45) is 5.84 Å². The monoisotopic (exact) mass is 242 g/mol. The van der Waals surface area contributed by atoms with E-state index in [2.05, 4.69) is 6.92 Å². The molecule has 0 radical (unpaired) electrons. The first-order valence-corrected chi connectivity index (χ1v) is 6.21. The number of hydrazine groups is 1. The Hall–Kier alpha value is -1.07. The molecule has 0 fully saturated rings. The summed E-state index contributed by atoms with van der Waals surface area (Å²) in [5.74, 6) is 5.89. The summed E-state index contributed by atoms with van der Waals surface area (Å²) in [6.45, 7) is 2.07. The van der Waals surface area contributed by atoms with Crippen molar-refractivity contribution >= 4 is 17.7 Å². The first-order valence-electron chi connectivity index (χ1n) is 5.06. The van der Waals surface area contributed by atoms with E-state index in [4.69, 9.17) is 5.84 Å². The van der Waals surface area contributed by atoms with Crippen molar-refractivity contribution < 1.29 is 9.18 Å². The minimum Gasteiger partial charge on any atom is -0.290 e. The van der Waals surface area contributed by atoms with Crippen LogP contribution in [0.3, 0.4) is 0 Å². The van der Waals surface area contributed by atoms with Gasteiger partial charge in [-0.1, -0.05) is 6.92 Å². The van der Waals surface area contributed by atoms with Crippen LogP contribution < -0.4 is 11.3 Å². The molecule has 5 heteroatoms. The van der Waals surface area contributed by atoms with E-state index >= 15 is 0 Å². The van der Waals surface area contributed by atoms with Crippen LogP contribution in [-0.2, 0) is 5.75 Å². The van der Waals surface area contributed by atoms with Gasteiger partial charge in [0, 0.05) is 11.3 Å². The number of rotatable bonds is 5. The second-order valence-corrected chi connectivity index (χ2v) is 4.44. The highest BCUT2D eigenvalue weighted by Gasteiger charge is 2.08. The molecule has 0 saturated carbocycles. The summed E-state index contributed by atoms with van der Waals surface area (Å²) < 4.78 is 13.4. The minimum absolute atomic E-state index is 0.280. The third kappa shape index (κ3) is 3.50. The molecule has 3 N–H and O–H groups in total. The molecule has 1 aromatic carbocycles. The Labute approximate surface area is 98.6 Å². The third-order valence-electron chi connectivity index (χ3n) is 2.05. The number of amides is 1. The fourth-order valence-corrected chi connectivity index (χ4v) is 2.11. The van der Waals surface area contributed by atoms with Gasteiger partial charge in [0.05, 0.1) is 0 Å². The fraction of sp³-hybridized carbons (Fsp3) is 0.364. The van der Waals surface area contributed by atoms with Crippen LogP contribution in [-0.4, -0.2) is 11.7 Å². The van der Waals surface area contributed by atoms with Gasteiger partial charge in [-0.2, -0.15) is 11.8 Å². The van der Waals surface area contributed by atoms with Crippen LogP contribution in [0, 0.1) is 5.82 Å². The van der Waals surface area contributed by atoms with E-state index in [0.717, 1.165) is 12.2 Å². The lowest BCUT2D eigenvalue weighted by atomic mass is 10.1. The van der Waals surface area contributed by atoms with Crippen LogP contribution in [0.25, 0.3) is 0 Å². The van der Waals surface area contributed by atoms with Crippen molar-refractivity contribution in [1.29, 1.82) is 0 Å². The lowest BCUT2D eigenvalue weighted by Gasteiger charge is -2.05. The zero-order valence-corrected chi connectivity index (χ0v) is 9.94. The molecule has 1 aromatic rings. The average molecular weight is 242 g/mol. The van der Waals surface area contributed by atoms with Gasteiger partial charge >= 0.3 is 0 Å². The van der Waals surface area contributed by atoms with Gasteiger partial charge in [0.25, 0.3) is 5.91 Å². The number of hydrogen-bond donors (Lipinski definition) is 2. The fourth-order valence-electron chi connectivity index (χ4n) is 1.24. The number of halogens is 1. The summed E-state index contributed by atoms with van der Waals surface area (Å²) >= 11 is 1.65. The number of benzene rings is 1. The second kappa shape index (κ2) is 6.50. The molecule has 0 aliphatic heterocycles. The summed E-state index contributed by atoms with van der Waals surface area (Å²) in [6, 6.07) is 4.26. The number of carbonyl (C=O) groups is 1. The molecule has 16 heavy (non-hydrogen) atoms.